The molecule has 0 aromatic heterocycles. The molecular weight excluding hydrogens is 212 g/mol. The molecule has 7 heteroatoms. The van der Waals surface area contributed by atoms with Crippen molar-refractivity contribution in [2.45, 2.75) is 0 Å². The Labute approximate surface area is 101 Å². The second kappa shape index (κ2) is 8.18. The summed E-state index contributed by atoms with van der Waals surface area (Å²) in [5.41, 5.74) is 0. The zero-order valence-electron chi connectivity index (χ0n) is 5.73. The van der Waals surface area contributed by atoms with E-state index >= 15 is 0 Å². The van der Waals surface area contributed by atoms with Gasteiger partial charge >= 0.3 is 47.9 Å². The van der Waals surface area contributed by atoms with Crippen molar-refractivity contribution in [3.8, 4) is 0 Å². The first-order valence-electron chi connectivity index (χ1n) is 2.58. The van der Waals surface area contributed by atoms with E-state index < -0.39 is 10.1 Å². The van der Waals surface area contributed by atoms with Gasteiger partial charge in [0, 0.05) is 0 Å². The molecule has 12 heavy (non-hydrogen) atoms. The average Bonchev–Trinajstić information content (AvgIpc) is 1.99. The summed E-state index contributed by atoms with van der Waals surface area (Å²) in [5.74, 6) is 0. The second-order valence-electron chi connectivity index (χ2n) is 1.37. The molecule has 0 unspecified atom stereocenters. The SMILES string of the molecule is C=CCOOOS(=O)(=O)C=C.[CaH2]. The minimum atomic E-state index is -3.82. The molecule has 0 atom stereocenters. The number of hydrogen-bond donors (Lipinski definition) is 0. The Hall–Kier alpha value is 0.570. The van der Waals surface area contributed by atoms with Gasteiger partial charge in [-0.3, -0.25) is 0 Å². The molecule has 0 N–H and O–H groups in total. The topological polar surface area (TPSA) is 61.8 Å². The standard InChI is InChI=1S/C5H8O5S.Ca.2H/c1-3-5-8-9-10-11(6,7)4-2;;;/h3-4H,1-2,5H2;;;. The van der Waals surface area contributed by atoms with Gasteiger partial charge in [-0.15, -0.1) is 6.58 Å². The monoisotopic (exact) mass is 222 g/mol. The van der Waals surface area contributed by atoms with E-state index in [1.54, 1.807) is 0 Å². The molecule has 0 aliphatic carbocycles. The van der Waals surface area contributed by atoms with Crippen LogP contribution in [-0.2, 0) is 24.4 Å². The number of rotatable bonds is 6. The fourth-order valence-electron chi connectivity index (χ4n) is 0.162. The van der Waals surface area contributed by atoms with Crippen LogP contribution in [0.1, 0.15) is 0 Å². The molecule has 0 aromatic carbocycles. The van der Waals surface area contributed by atoms with Crippen LogP contribution < -0.4 is 0 Å². The quantitative estimate of drug-likeness (QED) is 0.201. The van der Waals surface area contributed by atoms with E-state index in [1.807, 2.05) is 0 Å². The first-order valence-corrected chi connectivity index (χ1v) is 4.05. The summed E-state index contributed by atoms with van der Waals surface area (Å²) < 4.78 is 24.5. The van der Waals surface area contributed by atoms with Crippen molar-refractivity contribution >= 4 is 47.9 Å². The van der Waals surface area contributed by atoms with Gasteiger partial charge in [0.05, 0.1) is 5.41 Å². The molecule has 5 nitrogen and oxygen atoms in total. The van der Waals surface area contributed by atoms with E-state index in [-0.39, 0.29) is 44.3 Å². The van der Waals surface area contributed by atoms with E-state index in [1.165, 1.54) is 6.08 Å². The Kier molecular flexibility index (Phi) is 10.3. The molecular formula is C5H10CaO5S. The van der Waals surface area contributed by atoms with Gasteiger partial charge in [0.2, 0.25) is 0 Å². The Morgan fingerprint density at radius 2 is 1.92 bits per heavy atom. The van der Waals surface area contributed by atoms with Crippen LogP contribution in [0.2, 0.25) is 0 Å². The second-order valence-corrected chi connectivity index (χ2v) is 2.82. The van der Waals surface area contributed by atoms with Crippen molar-refractivity contribution in [3.05, 3.63) is 24.6 Å². The van der Waals surface area contributed by atoms with Crippen molar-refractivity contribution in [3.63, 3.8) is 0 Å². The first kappa shape index (κ1) is 15.1. The van der Waals surface area contributed by atoms with E-state index in [2.05, 4.69) is 27.4 Å². The van der Waals surface area contributed by atoms with Gasteiger partial charge in [-0.25, -0.2) is 4.89 Å². The summed E-state index contributed by atoms with van der Waals surface area (Å²) in [5, 5.41) is 4.39. The average molecular weight is 222 g/mol. The van der Waals surface area contributed by atoms with Gasteiger partial charge in [0.25, 0.3) is 0 Å². The Balaban J connectivity index is 0. The van der Waals surface area contributed by atoms with Crippen LogP contribution in [0.5, 0.6) is 0 Å². The Morgan fingerprint density at radius 1 is 1.33 bits per heavy atom. The fourth-order valence-corrected chi connectivity index (χ4v) is 0.334. The van der Waals surface area contributed by atoms with Crippen LogP contribution in [-0.4, -0.2) is 52.8 Å². The summed E-state index contributed by atoms with van der Waals surface area (Å²) in [7, 11) is -3.82. The third kappa shape index (κ3) is 8.66. The molecule has 0 aliphatic rings. The number of hydrogen-bond acceptors (Lipinski definition) is 5. The fraction of sp³-hybridized carbons (Fsp3) is 0.200. The van der Waals surface area contributed by atoms with Gasteiger partial charge in [0.15, 0.2) is 0 Å². The third-order valence-corrected chi connectivity index (χ3v) is 1.21. The van der Waals surface area contributed by atoms with Crippen LogP contribution in [0.4, 0.5) is 0 Å². The normalized spacial score (nSPS) is 10.0. The van der Waals surface area contributed by atoms with Gasteiger partial charge in [-0.2, -0.15) is 8.42 Å². The van der Waals surface area contributed by atoms with Crippen LogP contribution >= 0.6 is 0 Å². The molecule has 0 radical (unpaired) electrons. The molecule has 0 amide bonds. The molecule has 0 rings (SSSR count). The summed E-state index contributed by atoms with van der Waals surface area (Å²) >= 11 is 0. The first-order chi connectivity index (χ1) is 5.12. The van der Waals surface area contributed by atoms with Crippen molar-refractivity contribution in [1.82, 2.24) is 0 Å². The van der Waals surface area contributed by atoms with Crippen LogP contribution in [0, 0.1) is 0 Å². The molecule has 0 spiro atoms. The van der Waals surface area contributed by atoms with Crippen molar-refractivity contribution < 1.29 is 22.7 Å². The van der Waals surface area contributed by atoms with Gasteiger partial charge in [0.1, 0.15) is 6.61 Å². The molecule has 0 heterocycles. The van der Waals surface area contributed by atoms with Gasteiger partial charge in [-0.05, 0) is 0 Å². The van der Waals surface area contributed by atoms with Crippen LogP contribution in [0.25, 0.3) is 0 Å². The molecule has 68 valence electrons. The molecule has 0 saturated heterocycles. The summed E-state index contributed by atoms with van der Waals surface area (Å²) in [6.45, 7) is 6.28. The van der Waals surface area contributed by atoms with E-state index in [0.717, 1.165) is 0 Å². The maximum atomic E-state index is 10.4. The van der Waals surface area contributed by atoms with Gasteiger partial charge < -0.3 is 0 Å². The molecule has 0 aromatic rings. The van der Waals surface area contributed by atoms with Crippen LogP contribution in [0.3, 0.4) is 0 Å². The molecule has 0 saturated carbocycles. The maximum absolute atomic E-state index is 10.4. The molecule has 0 fully saturated rings. The summed E-state index contributed by atoms with van der Waals surface area (Å²) in [6.07, 6.45) is 1.36. The minimum absolute atomic E-state index is 0. The van der Waals surface area contributed by atoms with E-state index in [9.17, 15) is 8.42 Å². The summed E-state index contributed by atoms with van der Waals surface area (Å²) in [4.78, 5) is 4.15. The van der Waals surface area contributed by atoms with Crippen LogP contribution in [0.15, 0.2) is 24.6 Å². The van der Waals surface area contributed by atoms with Crippen molar-refractivity contribution in [1.29, 1.82) is 0 Å². The van der Waals surface area contributed by atoms with Crippen molar-refractivity contribution in [2.75, 3.05) is 6.61 Å². The van der Waals surface area contributed by atoms with E-state index in [0.29, 0.717) is 5.41 Å². The summed E-state index contributed by atoms with van der Waals surface area (Å²) in [6, 6.07) is 0. The third-order valence-electron chi connectivity index (χ3n) is 0.561. The molecule has 0 aliphatic heterocycles. The zero-order valence-corrected chi connectivity index (χ0v) is 6.54. The zero-order chi connectivity index (χ0) is 8.74. The van der Waals surface area contributed by atoms with E-state index in [4.69, 9.17) is 0 Å². The van der Waals surface area contributed by atoms with Crippen molar-refractivity contribution in [2.24, 2.45) is 0 Å². The predicted molar refractivity (Wildman–Crippen MR) is 46.0 cm³/mol. The Morgan fingerprint density at radius 3 is 2.33 bits per heavy atom. The predicted octanol–water partition coefficient (Wildman–Crippen LogP) is -0.391. The Bertz CT molecular complexity index is 222. The van der Waals surface area contributed by atoms with Gasteiger partial charge in [-0.1, -0.05) is 22.0 Å². The molecule has 0 bridgehead atoms.